The van der Waals surface area contributed by atoms with Crippen LogP contribution in [0.5, 0.6) is 5.75 Å². The number of thiazole rings is 1. The van der Waals surface area contributed by atoms with Gasteiger partial charge in [-0.05, 0) is 37.1 Å². The number of likely N-dealkylation sites (N-methyl/N-ethyl adjacent to an activating group) is 1. The van der Waals surface area contributed by atoms with Crippen molar-refractivity contribution in [3.63, 3.8) is 0 Å². The minimum Gasteiger partial charge on any atom is -0.482 e. The molecule has 5 rings (SSSR count). The summed E-state index contributed by atoms with van der Waals surface area (Å²) in [7, 11) is 1.85. The van der Waals surface area contributed by atoms with E-state index in [1.807, 2.05) is 59.8 Å². The Bertz CT molecular complexity index is 1220. The van der Waals surface area contributed by atoms with Gasteiger partial charge in [0.15, 0.2) is 6.61 Å². The smallest absolute Gasteiger partial charge is 0.265 e. The molecule has 3 aromatic rings. The van der Waals surface area contributed by atoms with E-state index < -0.39 is 0 Å². The average Bonchev–Trinajstić information content (AvgIpc) is 3.36. The molecule has 176 valence electrons. The first kappa shape index (κ1) is 22.9. The monoisotopic (exact) mass is 495 g/mol. The van der Waals surface area contributed by atoms with E-state index in [0.717, 1.165) is 47.5 Å². The van der Waals surface area contributed by atoms with Crippen LogP contribution in [0.4, 0.5) is 5.69 Å². The van der Waals surface area contributed by atoms with E-state index in [-0.39, 0.29) is 31.0 Å². The Morgan fingerprint density at radius 2 is 2.00 bits per heavy atom. The summed E-state index contributed by atoms with van der Waals surface area (Å²) in [5.74, 6) is 0.330. The molecule has 1 aliphatic carbocycles. The summed E-state index contributed by atoms with van der Waals surface area (Å²) in [4.78, 5) is 34.0. The molecule has 0 unspecified atom stereocenters. The summed E-state index contributed by atoms with van der Waals surface area (Å²) in [6.45, 7) is -0.0618. The summed E-state index contributed by atoms with van der Waals surface area (Å²) >= 11 is 7.86. The molecule has 1 aromatic heterocycles. The van der Waals surface area contributed by atoms with Crippen molar-refractivity contribution in [2.24, 2.45) is 0 Å². The lowest BCUT2D eigenvalue weighted by molar-refractivity contribution is -0.133. The molecule has 1 fully saturated rings. The van der Waals surface area contributed by atoms with Crippen molar-refractivity contribution in [3.8, 4) is 27.6 Å². The van der Waals surface area contributed by atoms with Crippen molar-refractivity contribution in [2.45, 2.75) is 38.1 Å². The normalized spacial score (nSPS) is 16.2. The zero-order valence-electron chi connectivity index (χ0n) is 19.0. The van der Waals surface area contributed by atoms with Crippen LogP contribution in [-0.2, 0) is 9.59 Å². The molecular formula is C26H26ClN3O3S. The second-order valence-corrected chi connectivity index (χ2v) is 10.0. The molecule has 0 N–H and O–H groups in total. The first-order valence-corrected chi connectivity index (χ1v) is 12.8. The summed E-state index contributed by atoms with van der Waals surface area (Å²) in [6, 6.07) is 13.5. The molecule has 1 saturated carbocycles. The number of fused-ring (bicyclic) bond motifs is 1. The Balaban J connectivity index is 1.40. The first-order chi connectivity index (χ1) is 16.5. The fraction of sp³-hybridized carbons (Fsp3) is 0.346. The Labute approximate surface area is 208 Å². The second-order valence-electron chi connectivity index (χ2n) is 8.77. The quantitative estimate of drug-likeness (QED) is 0.459. The van der Waals surface area contributed by atoms with E-state index in [9.17, 15) is 9.59 Å². The van der Waals surface area contributed by atoms with E-state index in [1.165, 1.54) is 17.8 Å². The van der Waals surface area contributed by atoms with Crippen molar-refractivity contribution in [3.05, 3.63) is 52.9 Å². The van der Waals surface area contributed by atoms with Crippen LogP contribution in [0.25, 0.3) is 21.8 Å². The third-order valence-electron chi connectivity index (χ3n) is 6.62. The highest BCUT2D eigenvalue weighted by molar-refractivity contribution is 7.13. The number of nitrogens with zero attached hydrogens (tertiary/aromatic N) is 3. The van der Waals surface area contributed by atoms with Gasteiger partial charge in [-0.3, -0.25) is 14.5 Å². The Morgan fingerprint density at radius 1 is 1.21 bits per heavy atom. The number of hydrogen-bond acceptors (Lipinski definition) is 5. The van der Waals surface area contributed by atoms with E-state index in [0.29, 0.717) is 16.5 Å². The van der Waals surface area contributed by atoms with Gasteiger partial charge in [-0.1, -0.05) is 49.1 Å². The fourth-order valence-corrected chi connectivity index (χ4v) is 5.77. The third-order valence-corrected chi connectivity index (χ3v) is 7.82. The molecule has 34 heavy (non-hydrogen) atoms. The molecule has 0 radical (unpaired) electrons. The molecule has 8 heteroatoms. The third kappa shape index (κ3) is 4.55. The maximum atomic E-state index is 13.1. The SMILES string of the molecule is CN(C(=O)CN1C(=O)COc2ccc(-c3csc(-c4ccccc4Cl)n3)cc21)C1CCCCC1. The number of rotatable bonds is 5. The van der Waals surface area contributed by atoms with Gasteiger partial charge < -0.3 is 9.64 Å². The summed E-state index contributed by atoms with van der Waals surface area (Å²) in [6.07, 6.45) is 5.57. The van der Waals surface area contributed by atoms with E-state index >= 15 is 0 Å². The van der Waals surface area contributed by atoms with Crippen LogP contribution in [0.15, 0.2) is 47.8 Å². The van der Waals surface area contributed by atoms with E-state index in [2.05, 4.69) is 0 Å². The van der Waals surface area contributed by atoms with Crippen LogP contribution in [-0.4, -0.2) is 47.9 Å². The molecule has 0 bridgehead atoms. The van der Waals surface area contributed by atoms with Crippen molar-refractivity contribution in [1.82, 2.24) is 9.88 Å². The molecule has 2 aliphatic rings. The number of ether oxygens (including phenoxy) is 1. The predicted molar refractivity (Wildman–Crippen MR) is 135 cm³/mol. The van der Waals surface area contributed by atoms with Gasteiger partial charge in [0.05, 0.1) is 16.4 Å². The lowest BCUT2D eigenvalue weighted by Gasteiger charge is -2.34. The van der Waals surface area contributed by atoms with Gasteiger partial charge >= 0.3 is 0 Å². The zero-order chi connectivity index (χ0) is 23.7. The molecule has 0 spiro atoms. The molecule has 0 saturated heterocycles. The van der Waals surface area contributed by atoms with Crippen LogP contribution < -0.4 is 9.64 Å². The van der Waals surface area contributed by atoms with E-state index in [1.54, 1.807) is 4.90 Å². The highest BCUT2D eigenvalue weighted by atomic mass is 35.5. The predicted octanol–water partition coefficient (Wildman–Crippen LogP) is 5.65. The fourth-order valence-electron chi connectivity index (χ4n) is 4.62. The minimum absolute atomic E-state index is 0.00753. The molecule has 6 nitrogen and oxygen atoms in total. The van der Waals surface area contributed by atoms with Gasteiger partial charge in [-0.2, -0.15) is 0 Å². The Morgan fingerprint density at radius 3 is 2.79 bits per heavy atom. The van der Waals surface area contributed by atoms with Gasteiger partial charge in [-0.15, -0.1) is 11.3 Å². The first-order valence-electron chi connectivity index (χ1n) is 11.5. The van der Waals surface area contributed by atoms with Crippen LogP contribution in [0.1, 0.15) is 32.1 Å². The highest BCUT2D eigenvalue weighted by Gasteiger charge is 2.31. The van der Waals surface area contributed by atoms with Gasteiger partial charge in [0.25, 0.3) is 5.91 Å². The number of amides is 2. The standard InChI is InChI=1S/C26H26ClN3O3S/c1-29(18-7-3-2-4-8-18)24(31)14-30-22-13-17(11-12-23(22)33-15-25(30)32)21-16-34-26(28-21)19-9-5-6-10-20(19)27/h5-6,9-13,16,18H,2-4,7-8,14-15H2,1H3. The van der Waals surface area contributed by atoms with Crippen molar-refractivity contribution < 1.29 is 14.3 Å². The van der Waals surface area contributed by atoms with Gasteiger partial charge in [-0.25, -0.2) is 4.98 Å². The van der Waals surface area contributed by atoms with Gasteiger partial charge in [0, 0.05) is 29.6 Å². The summed E-state index contributed by atoms with van der Waals surface area (Å²) < 4.78 is 5.65. The van der Waals surface area contributed by atoms with Crippen molar-refractivity contribution >= 4 is 40.4 Å². The average molecular weight is 496 g/mol. The van der Waals surface area contributed by atoms with E-state index in [4.69, 9.17) is 21.3 Å². The number of anilines is 1. The second kappa shape index (κ2) is 9.76. The largest absolute Gasteiger partial charge is 0.482 e. The molecule has 1 aliphatic heterocycles. The molecule has 2 amide bonds. The highest BCUT2D eigenvalue weighted by Crippen LogP contribution is 2.38. The summed E-state index contributed by atoms with van der Waals surface area (Å²) in [5, 5.41) is 3.45. The van der Waals surface area contributed by atoms with Crippen LogP contribution >= 0.6 is 22.9 Å². The molecular weight excluding hydrogens is 470 g/mol. The van der Waals surface area contributed by atoms with Gasteiger partial charge in [0.2, 0.25) is 5.91 Å². The number of halogens is 1. The molecule has 0 atom stereocenters. The maximum Gasteiger partial charge on any atom is 0.265 e. The molecule has 2 aromatic carbocycles. The number of carbonyl (C=O) groups excluding carboxylic acids is 2. The number of carbonyl (C=O) groups is 2. The molecule has 2 heterocycles. The van der Waals surface area contributed by atoms with Crippen molar-refractivity contribution in [2.75, 3.05) is 25.1 Å². The van der Waals surface area contributed by atoms with Crippen LogP contribution in [0.3, 0.4) is 0 Å². The van der Waals surface area contributed by atoms with Crippen LogP contribution in [0.2, 0.25) is 5.02 Å². The lowest BCUT2D eigenvalue weighted by atomic mass is 9.94. The number of aromatic nitrogens is 1. The zero-order valence-corrected chi connectivity index (χ0v) is 20.6. The number of hydrogen-bond donors (Lipinski definition) is 0. The van der Waals surface area contributed by atoms with Crippen molar-refractivity contribution in [1.29, 1.82) is 0 Å². The van der Waals surface area contributed by atoms with Crippen LogP contribution in [0, 0.1) is 0 Å². The lowest BCUT2D eigenvalue weighted by Crippen LogP contribution is -2.48. The summed E-state index contributed by atoms with van der Waals surface area (Å²) in [5.41, 5.74) is 3.12. The van der Waals surface area contributed by atoms with Gasteiger partial charge in [0.1, 0.15) is 17.3 Å². The number of benzene rings is 2. The maximum absolute atomic E-state index is 13.1. The Hall–Kier alpha value is -2.90. The Kier molecular flexibility index (Phi) is 6.57. The minimum atomic E-state index is -0.218. The topological polar surface area (TPSA) is 62.7 Å².